The van der Waals surface area contributed by atoms with E-state index in [1.807, 2.05) is 0 Å². The molecule has 0 saturated carbocycles. The third kappa shape index (κ3) is 5.90. The van der Waals surface area contributed by atoms with Gasteiger partial charge in [-0.05, 0) is 36.4 Å². The first-order chi connectivity index (χ1) is 13.3. The molecular weight excluding hydrogens is 414 g/mol. The fourth-order valence-electron chi connectivity index (χ4n) is 1.85. The summed E-state index contributed by atoms with van der Waals surface area (Å²) in [5.74, 6) is -2.99. The highest BCUT2D eigenvalue weighted by Gasteiger charge is 2.15. The molecule has 2 aromatic heterocycles. The summed E-state index contributed by atoms with van der Waals surface area (Å²) in [6.07, 6.45) is 2.32. The lowest BCUT2D eigenvalue weighted by molar-refractivity contribution is 0.0683. The van der Waals surface area contributed by atoms with E-state index in [2.05, 4.69) is 9.97 Å². The van der Waals surface area contributed by atoms with Crippen LogP contribution in [0.15, 0.2) is 54.9 Å². The van der Waals surface area contributed by atoms with Gasteiger partial charge in [-0.2, -0.15) is 0 Å². The van der Waals surface area contributed by atoms with E-state index in [-0.39, 0.29) is 22.2 Å². The largest absolute Gasteiger partial charge is 0.478 e. The minimum atomic E-state index is -1.32. The Morgan fingerprint density at radius 3 is 2.25 bits per heavy atom. The third-order valence-electron chi connectivity index (χ3n) is 3.05. The molecule has 0 saturated heterocycles. The zero-order chi connectivity index (χ0) is 20.7. The van der Waals surface area contributed by atoms with Gasteiger partial charge in [0.25, 0.3) is 0 Å². The smallest absolute Gasteiger partial charge is 0.341 e. The Bertz CT molecular complexity index is 1020. The van der Waals surface area contributed by atoms with Gasteiger partial charge < -0.3 is 14.9 Å². The number of nitrogens with zero attached hydrogens (tertiary/aromatic N) is 2. The topological polar surface area (TPSA) is 110 Å². The fourth-order valence-corrected chi connectivity index (χ4v) is 2.23. The van der Waals surface area contributed by atoms with Gasteiger partial charge in [0.15, 0.2) is 0 Å². The van der Waals surface area contributed by atoms with E-state index in [9.17, 15) is 14.0 Å². The number of pyridine rings is 2. The van der Waals surface area contributed by atoms with Gasteiger partial charge >= 0.3 is 11.9 Å². The van der Waals surface area contributed by atoms with E-state index in [0.717, 1.165) is 12.3 Å². The van der Waals surface area contributed by atoms with E-state index >= 15 is 0 Å². The van der Waals surface area contributed by atoms with Crippen LogP contribution < -0.4 is 4.74 Å². The molecule has 3 rings (SSSR count). The highest BCUT2D eigenvalue weighted by molar-refractivity contribution is 6.32. The summed E-state index contributed by atoms with van der Waals surface area (Å²) in [5.41, 5.74) is -0.320. The zero-order valence-corrected chi connectivity index (χ0v) is 15.4. The second-order valence-corrected chi connectivity index (χ2v) is 5.81. The van der Waals surface area contributed by atoms with Gasteiger partial charge in [0.2, 0.25) is 5.88 Å². The number of halogens is 3. The van der Waals surface area contributed by atoms with Crippen LogP contribution >= 0.6 is 23.2 Å². The maximum atomic E-state index is 12.9. The van der Waals surface area contributed by atoms with Crippen molar-refractivity contribution in [3.63, 3.8) is 0 Å². The molecular formula is C18H11Cl2FN2O5. The zero-order valence-electron chi connectivity index (χ0n) is 13.8. The van der Waals surface area contributed by atoms with Crippen LogP contribution in [0.25, 0.3) is 0 Å². The molecule has 0 spiro atoms. The average molecular weight is 425 g/mol. The maximum Gasteiger partial charge on any atom is 0.341 e. The van der Waals surface area contributed by atoms with Gasteiger partial charge in [0.1, 0.15) is 22.3 Å². The van der Waals surface area contributed by atoms with Crippen LogP contribution in [0, 0.1) is 5.82 Å². The predicted octanol–water partition coefficient (Wildman–Crippen LogP) is 4.80. The van der Waals surface area contributed by atoms with Gasteiger partial charge in [-0.1, -0.05) is 29.3 Å². The lowest BCUT2D eigenvalue weighted by Gasteiger charge is -2.07. The predicted molar refractivity (Wildman–Crippen MR) is 98.9 cm³/mol. The molecule has 0 bridgehead atoms. The Hall–Kier alpha value is -3.23. The van der Waals surface area contributed by atoms with Crippen LogP contribution in [0.4, 0.5) is 4.39 Å². The summed E-state index contributed by atoms with van der Waals surface area (Å²) in [4.78, 5) is 28.4. The number of carboxylic acids is 2. The van der Waals surface area contributed by atoms with Crippen LogP contribution in [0.1, 0.15) is 20.7 Å². The van der Waals surface area contributed by atoms with Gasteiger partial charge in [0, 0.05) is 11.2 Å². The number of carbonyl (C=O) groups is 2. The maximum absolute atomic E-state index is 12.9. The summed E-state index contributed by atoms with van der Waals surface area (Å²) in [6, 6.07) is 10.1. The Labute approximate surface area is 168 Å². The van der Waals surface area contributed by atoms with E-state index in [0.29, 0.717) is 10.8 Å². The van der Waals surface area contributed by atoms with Crippen molar-refractivity contribution in [1.82, 2.24) is 9.97 Å². The van der Waals surface area contributed by atoms with E-state index < -0.39 is 17.8 Å². The Balaban J connectivity index is 0.000000237. The molecule has 0 aliphatic rings. The molecule has 0 aliphatic carbocycles. The quantitative estimate of drug-likeness (QED) is 0.578. The van der Waals surface area contributed by atoms with Crippen LogP contribution in [-0.2, 0) is 0 Å². The van der Waals surface area contributed by atoms with Crippen LogP contribution in [0.2, 0.25) is 10.2 Å². The molecule has 0 fully saturated rings. The molecule has 2 N–H and O–H groups in total. The minimum absolute atomic E-state index is 0.0231. The molecule has 0 atom stereocenters. The molecule has 144 valence electrons. The molecule has 0 radical (unpaired) electrons. The van der Waals surface area contributed by atoms with Crippen molar-refractivity contribution in [2.75, 3.05) is 0 Å². The Morgan fingerprint density at radius 1 is 0.964 bits per heavy atom. The molecule has 0 aliphatic heterocycles. The standard InChI is InChI=1S/C12H7ClFNO3.C6H4ClNO2/c13-7-2-1-3-9(4-7)18-11-10(12(16)17)5-8(14)6-15-11;7-5-4(6(9)10)2-1-3-8-5/h1-6H,(H,16,17);1-3H,(H,9,10). The second kappa shape index (κ2) is 9.63. The molecule has 28 heavy (non-hydrogen) atoms. The first kappa shape index (κ1) is 21.1. The van der Waals surface area contributed by atoms with Crippen molar-refractivity contribution in [3.05, 3.63) is 82.0 Å². The van der Waals surface area contributed by atoms with Crippen LogP contribution in [0.5, 0.6) is 11.6 Å². The lowest BCUT2D eigenvalue weighted by atomic mass is 10.2. The van der Waals surface area contributed by atoms with Crippen LogP contribution in [-0.4, -0.2) is 32.1 Å². The molecule has 1 aromatic carbocycles. The van der Waals surface area contributed by atoms with Gasteiger partial charge in [-0.3, -0.25) is 0 Å². The Morgan fingerprint density at radius 2 is 1.68 bits per heavy atom. The van der Waals surface area contributed by atoms with Crippen LogP contribution in [0.3, 0.4) is 0 Å². The highest BCUT2D eigenvalue weighted by atomic mass is 35.5. The number of aromatic nitrogens is 2. The number of hydrogen-bond acceptors (Lipinski definition) is 5. The normalized spacial score (nSPS) is 9.82. The monoisotopic (exact) mass is 424 g/mol. The van der Waals surface area contributed by atoms with E-state index in [1.54, 1.807) is 18.2 Å². The van der Waals surface area contributed by atoms with Crippen molar-refractivity contribution in [2.45, 2.75) is 0 Å². The summed E-state index contributed by atoms with van der Waals surface area (Å²) in [5, 5.41) is 17.8. The van der Waals surface area contributed by atoms with Crippen molar-refractivity contribution in [2.24, 2.45) is 0 Å². The highest BCUT2D eigenvalue weighted by Crippen LogP contribution is 2.25. The molecule has 0 amide bonds. The van der Waals surface area contributed by atoms with Crippen molar-refractivity contribution < 1.29 is 28.9 Å². The number of hydrogen-bond donors (Lipinski definition) is 2. The molecule has 0 unspecified atom stereocenters. The molecule has 3 aromatic rings. The molecule has 2 heterocycles. The SMILES string of the molecule is O=C(O)c1cc(F)cnc1Oc1cccc(Cl)c1.O=C(O)c1cccnc1Cl. The van der Waals surface area contributed by atoms with Gasteiger partial charge in [-0.25, -0.2) is 23.9 Å². The van der Waals surface area contributed by atoms with E-state index in [1.165, 1.54) is 24.4 Å². The molecule has 10 heteroatoms. The fraction of sp³-hybridized carbons (Fsp3) is 0. The van der Waals surface area contributed by atoms with Gasteiger partial charge in [-0.15, -0.1) is 0 Å². The number of rotatable bonds is 4. The van der Waals surface area contributed by atoms with Crippen molar-refractivity contribution in [3.8, 4) is 11.6 Å². The first-order valence-electron chi connectivity index (χ1n) is 7.44. The average Bonchev–Trinajstić information content (AvgIpc) is 2.64. The number of benzene rings is 1. The third-order valence-corrected chi connectivity index (χ3v) is 3.58. The number of aromatic carboxylic acids is 2. The molecule has 7 nitrogen and oxygen atoms in total. The summed E-state index contributed by atoms with van der Waals surface area (Å²) in [6.45, 7) is 0. The van der Waals surface area contributed by atoms with Gasteiger partial charge in [0.05, 0.1) is 11.8 Å². The lowest BCUT2D eigenvalue weighted by Crippen LogP contribution is -2.02. The van der Waals surface area contributed by atoms with Crippen molar-refractivity contribution in [1.29, 1.82) is 0 Å². The van der Waals surface area contributed by atoms with E-state index in [4.69, 9.17) is 38.2 Å². The summed E-state index contributed by atoms with van der Waals surface area (Å²) < 4.78 is 18.2. The summed E-state index contributed by atoms with van der Waals surface area (Å²) in [7, 11) is 0. The first-order valence-corrected chi connectivity index (χ1v) is 8.19. The number of carboxylic acid groups (broad SMARTS) is 2. The van der Waals surface area contributed by atoms with Crippen molar-refractivity contribution >= 4 is 35.1 Å². The minimum Gasteiger partial charge on any atom is -0.478 e. The Kier molecular flexibility index (Phi) is 7.25. The second-order valence-electron chi connectivity index (χ2n) is 5.02. The number of ether oxygens (including phenoxy) is 1. The summed E-state index contributed by atoms with van der Waals surface area (Å²) >= 11 is 11.2.